The smallest absolute Gasteiger partial charge is 0.278 e. The number of rotatable bonds is 8. The fourth-order valence-electron chi connectivity index (χ4n) is 2.82. The topological polar surface area (TPSA) is 108 Å². The van der Waals surface area contributed by atoms with E-state index in [1.54, 1.807) is 36.7 Å². The third kappa shape index (κ3) is 3.94. The lowest BCUT2D eigenvalue weighted by Gasteiger charge is -2.19. The van der Waals surface area contributed by atoms with E-state index in [0.717, 1.165) is 0 Å². The summed E-state index contributed by atoms with van der Waals surface area (Å²) in [5.74, 6) is 0.848. The molecule has 0 fully saturated rings. The van der Waals surface area contributed by atoms with E-state index in [1.807, 2.05) is 6.26 Å². The molecule has 0 saturated carbocycles. The fourth-order valence-corrected chi connectivity index (χ4v) is 3.15. The Morgan fingerprint density at radius 1 is 1.37 bits per heavy atom. The van der Waals surface area contributed by atoms with Crippen LogP contribution < -0.4 is 10.3 Å². The molecule has 3 aromatic rings. The number of aromatic nitrogens is 5. The molecule has 0 bridgehead atoms. The standard InChI is InChI=1S/C20H22N6O3S/c1-6-7-25-18(27)14-10-22-19(30-5)24-17(14)26(25)16-9-13(29-12-28-4)8-15(23-16)20(2,3)11-21/h6,8-10H,1,7,12H2,2-5H3. The quantitative estimate of drug-likeness (QED) is 0.234. The zero-order valence-electron chi connectivity index (χ0n) is 17.2. The molecular formula is C20H22N6O3S. The van der Waals surface area contributed by atoms with E-state index in [9.17, 15) is 10.1 Å². The lowest BCUT2D eigenvalue weighted by molar-refractivity contribution is 0.0509. The monoisotopic (exact) mass is 426 g/mol. The van der Waals surface area contributed by atoms with Crippen molar-refractivity contribution in [2.75, 3.05) is 20.2 Å². The number of fused-ring (bicyclic) bond motifs is 1. The van der Waals surface area contributed by atoms with E-state index in [0.29, 0.717) is 33.5 Å². The van der Waals surface area contributed by atoms with Gasteiger partial charge in [0, 0.05) is 25.4 Å². The predicted molar refractivity (Wildman–Crippen MR) is 114 cm³/mol. The Labute approximate surface area is 178 Å². The first-order valence-corrected chi connectivity index (χ1v) is 10.3. The van der Waals surface area contributed by atoms with E-state index in [2.05, 4.69) is 27.6 Å². The highest BCUT2D eigenvalue weighted by molar-refractivity contribution is 7.98. The number of methoxy groups -OCH3 is 1. The summed E-state index contributed by atoms with van der Waals surface area (Å²) in [6.07, 6.45) is 4.98. The van der Waals surface area contributed by atoms with Crippen molar-refractivity contribution in [2.24, 2.45) is 0 Å². The van der Waals surface area contributed by atoms with E-state index >= 15 is 0 Å². The normalized spacial score (nSPS) is 11.4. The SMILES string of the molecule is C=CCn1c(=O)c2cnc(SC)nc2n1-c1cc(OCOC)cc(C(C)(C)C#N)n1. The van der Waals surface area contributed by atoms with Crippen LogP contribution in [-0.4, -0.2) is 44.5 Å². The average molecular weight is 427 g/mol. The number of thioether (sulfide) groups is 1. The van der Waals surface area contributed by atoms with Crippen molar-refractivity contribution < 1.29 is 9.47 Å². The van der Waals surface area contributed by atoms with Crippen molar-refractivity contribution in [2.45, 2.75) is 31.0 Å². The van der Waals surface area contributed by atoms with E-state index in [1.165, 1.54) is 29.8 Å². The van der Waals surface area contributed by atoms with Crippen LogP contribution in [0.25, 0.3) is 16.9 Å². The van der Waals surface area contributed by atoms with E-state index in [-0.39, 0.29) is 18.9 Å². The predicted octanol–water partition coefficient (Wildman–Crippen LogP) is 2.67. The summed E-state index contributed by atoms with van der Waals surface area (Å²) >= 11 is 1.37. The Balaban J connectivity index is 2.36. The zero-order chi connectivity index (χ0) is 21.9. The molecular weight excluding hydrogens is 404 g/mol. The summed E-state index contributed by atoms with van der Waals surface area (Å²) in [5.41, 5.74) is -0.234. The van der Waals surface area contributed by atoms with Gasteiger partial charge in [0.2, 0.25) is 0 Å². The zero-order valence-corrected chi connectivity index (χ0v) is 18.1. The van der Waals surface area contributed by atoms with Crippen LogP contribution in [0.1, 0.15) is 19.5 Å². The molecule has 0 radical (unpaired) electrons. The van der Waals surface area contributed by atoms with E-state index < -0.39 is 5.41 Å². The minimum absolute atomic E-state index is 0.0283. The second kappa shape index (κ2) is 8.69. The Bertz CT molecular complexity index is 1190. The molecule has 0 aromatic carbocycles. The summed E-state index contributed by atoms with van der Waals surface area (Å²) in [4.78, 5) is 26.4. The van der Waals surface area contributed by atoms with Gasteiger partial charge in [0.25, 0.3) is 5.56 Å². The molecule has 156 valence electrons. The van der Waals surface area contributed by atoms with Gasteiger partial charge in [0.1, 0.15) is 11.1 Å². The highest BCUT2D eigenvalue weighted by Gasteiger charge is 2.25. The number of nitriles is 1. The van der Waals surface area contributed by atoms with Gasteiger partial charge in [-0.05, 0) is 20.1 Å². The highest BCUT2D eigenvalue weighted by Crippen LogP contribution is 2.27. The van der Waals surface area contributed by atoms with Gasteiger partial charge in [0.15, 0.2) is 23.4 Å². The summed E-state index contributed by atoms with van der Waals surface area (Å²) in [5, 5.41) is 10.5. The highest BCUT2D eigenvalue weighted by atomic mass is 32.2. The Morgan fingerprint density at radius 3 is 2.77 bits per heavy atom. The molecule has 3 heterocycles. The van der Waals surface area contributed by atoms with Crippen molar-refractivity contribution in [1.82, 2.24) is 24.3 Å². The molecule has 0 saturated heterocycles. The Kier molecular flexibility index (Phi) is 6.24. The van der Waals surface area contributed by atoms with E-state index in [4.69, 9.17) is 9.47 Å². The maximum Gasteiger partial charge on any atom is 0.278 e. The molecule has 0 spiro atoms. The van der Waals surface area contributed by atoms with Crippen molar-refractivity contribution in [1.29, 1.82) is 5.26 Å². The van der Waals surface area contributed by atoms with Crippen LogP contribution in [-0.2, 0) is 16.7 Å². The molecule has 3 rings (SSSR count). The largest absolute Gasteiger partial charge is 0.467 e. The third-order valence-corrected chi connectivity index (χ3v) is 4.97. The number of ether oxygens (including phenoxy) is 2. The number of hydrogen-bond acceptors (Lipinski definition) is 8. The van der Waals surface area contributed by atoms with Gasteiger partial charge in [-0.25, -0.2) is 24.3 Å². The first-order chi connectivity index (χ1) is 14.4. The molecule has 0 aliphatic rings. The van der Waals surface area contributed by atoms with Crippen LogP contribution >= 0.6 is 11.8 Å². The maximum absolute atomic E-state index is 13.0. The molecule has 0 amide bonds. The van der Waals surface area contributed by atoms with Crippen LogP contribution in [0.4, 0.5) is 0 Å². The lowest BCUT2D eigenvalue weighted by atomic mass is 9.91. The van der Waals surface area contributed by atoms with Crippen molar-refractivity contribution in [3.8, 4) is 17.6 Å². The van der Waals surface area contributed by atoms with Crippen LogP contribution in [0, 0.1) is 11.3 Å². The number of allylic oxidation sites excluding steroid dienone is 1. The number of hydrogen-bond donors (Lipinski definition) is 0. The molecule has 9 nitrogen and oxygen atoms in total. The van der Waals surface area contributed by atoms with Gasteiger partial charge >= 0.3 is 0 Å². The van der Waals surface area contributed by atoms with Crippen LogP contribution in [0.5, 0.6) is 5.75 Å². The van der Waals surface area contributed by atoms with Crippen LogP contribution in [0.15, 0.2) is 40.9 Å². The first kappa shape index (κ1) is 21.5. The van der Waals surface area contributed by atoms with Gasteiger partial charge in [-0.15, -0.1) is 6.58 Å². The van der Waals surface area contributed by atoms with Crippen molar-refractivity contribution in [3.63, 3.8) is 0 Å². The second-order valence-corrected chi connectivity index (χ2v) is 7.69. The molecule has 0 aliphatic carbocycles. The Hall–Kier alpha value is -3.16. The number of nitrogens with zero attached hydrogens (tertiary/aromatic N) is 6. The van der Waals surface area contributed by atoms with Crippen LogP contribution in [0.3, 0.4) is 0 Å². The summed E-state index contributed by atoms with van der Waals surface area (Å²) in [6.45, 7) is 7.54. The molecule has 30 heavy (non-hydrogen) atoms. The van der Waals surface area contributed by atoms with Gasteiger partial charge in [-0.3, -0.25) is 4.79 Å². The minimum atomic E-state index is -0.882. The molecule has 0 aliphatic heterocycles. The fraction of sp³-hybridized carbons (Fsp3) is 0.350. The van der Waals surface area contributed by atoms with Gasteiger partial charge in [-0.1, -0.05) is 17.8 Å². The van der Waals surface area contributed by atoms with Gasteiger partial charge < -0.3 is 9.47 Å². The maximum atomic E-state index is 13.0. The van der Waals surface area contributed by atoms with Gasteiger partial charge in [-0.2, -0.15) is 5.26 Å². The number of pyridine rings is 1. The molecule has 0 unspecified atom stereocenters. The molecule has 0 N–H and O–H groups in total. The Morgan fingerprint density at radius 2 is 2.13 bits per heavy atom. The molecule has 10 heteroatoms. The minimum Gasteiger partial charge on any atom is -0.467 e. The average Bonchev–Trinajstić information content (AvgIpc) is 3.03. The summed E-state index contributed by atoms with van der Waals surface area (Å²) < 4.78 is 13.7. The summed E-state index contributed by atoms with van der Waals surface area (Å²) in [6, 6.07) is 5.61. The molecule has 3 aromatic heterocycles. The third-order valence-electron chi connectivity index (χ3n) is 4.40. The van der Waals surface area contributed by atoms with Gasteiger partial charge in [0.05, 0.1) is 23.7 Å². The summed E-state index contributed by atoms with van der Waals surface area (Å²) in [7, 11) is 1.52. The molecule has 0 atom stereocenters. The first-order valence-electron chi connectivity index (χ1n) is 9.05. The van der Waals surface area contributed by atoms with Crippen molar-refractivity contribution >= 4 is 22.8 Å². The van der Waals surface area contributed by atoms with Crippen LogP contribution in [0.2, 0.25) is 0 Å². The van der Waals surface area contributed by atoms with Crippen molar-refractivity contribution in [3.05, 3.63) is 47.0 Å². The lowest BCUT2D eigenvalue weighted by Crippen LogP contribution is -2.24. The second-order valence-electron chi connectivity index (χ2n) is 6.92.